The molecular weight excluding hydrogens is 773 g/mol. The second-order valence-corrected chi connectivity index (χ2v) is 16.9. The SMILES string of the molecule is CN(C)C(=O)c1cc2cnc(Cc3ccc(N4CCN(CCN5CCN(c6c(F)cc7c(c6F)CN(C6CCC(=O)NC6=O)C7=O)CC5)CC4)cn3)nc2n1C1CCCC1. The van der Waals surface area contributed by atoms with Gasteiger partial charge in [0.2, 0.25) is 11.8 Å². The number of aromatic nitrogens is 4. The fraction of sp³-hybridized carbons (Fsp3) is 0.512. The van der Waals surface area contributed by atoms with Crippen molar-refractivity contribution in [1.29, 1.82) is 0 Å². The van der Waals surface area contributed by atoms with Gasteiger partial charge < -0.3 is 24.2 Å². The van der Waals surface area contributed by atoms with Gasteiger partial charge in [0.25, 0.3) is 11.8 Å². The zero-order chi connectivity index (χ0) is 41.7. The van der Waals surface area contributed by atoms with Crippen LogP contribution in [-0.2, 0) is 22.6 Å². The molecular formula is C43H51F2N11O4. The van der Waals surface area contributed by atoms with Crippen molar-refractivity contribution in [2.75, 3.05) is 89.3 Å². The fourth-order valence-corrected chi connectivity index (χ4v) is 9.54. The zero-order valence-corrected chi connectivity index (χ0v) is 34.2. The molecule has 1 atom stereocenters. The van der Waals surface area contributed by atoms with E-state index in [-0.39, 0.29) is 48.1 Å². The van der Waals surface area contributed by atoms with Crippen LogP contribution in [0.25, 0.3) is 11.0 Å². The Morgan fingerprint density at radius 2 is 1.57 bits per heavy atom. The summed E-state index contributed by atoms with van der Waals surface area (Å²) >= 11 is 0. The number of nitrogens with zero attached hydrogens (tertiary/aromatic N) is 10. The minimum Gasteiger partial charge on any atom is -0.368 e. The van der Waals surface area contributed by atoms with E-state index in [0.29, 0.717) is 44.1 Å². The number of imide groups is 1. The van der Waals surface area contributed by atoms with Crippen molar-refractivity contribution in [3.8, 4) is 0 Å². The maximum absolute atomic E-state index is 15.9. The molecule has 1 unspecified atom stereocenters. The average Bonchev–Trinajstić information content (AvgIpc) is 3.99. The van der Waals surface area contributed by atoms with E-state index in [1.54, 1.807) is 23.9 Å². The highest BCUT2D eigenvalue weighted by Gasteiger charge is 2.42. The van der Waals surface area contributed by atoms with Crippen LogP contribution in [-0.4, -0.2) is 148 Å². The number of piperazine rings is 2. The van der Waals surface area contributed by atoms with Crippen LogP contribution in [0.3, 0.4) is 0 Å². The van der Waals surface area contributed by atoms with Crippen LogP contribution in [0.5, 0.6) is 0 Å². The molecule has 316 valence electrons. The second kappa shape index (κ2) is 16.5. The first-order valence-corrected chi connectivity index (χ1v) is 21.2. The molecule has 7 heterocycles. The first-order chi connectivity index (χ1) is 29.0. The topological polar surface area (TPSA) is 143 Å². The summed E-state index contributed by atoms with van der Waals surface area (Å²) in [6.07, 6.45) is 8.88. The molecule has 17 heteroatoms. The molecule has 1 aromatic carbocycles. The molecule has 1 N–H and O–H groups in total. The highest BCUT2D eigenvalue weighted by Crippen LogP contribution is 2.37. The molecule has 3 saturated heterocycles. The number of rotatable bonds is 10. The molecule has 9 rings (SSSR count). The predicted octanol–water partition coefficient (Wildman–Crippen LogP) is 3.22. The number of benzene rings is 1. The smallest absolute Gasteiger partial charge is 0.270 e. The number of carbonyl (C=O) groups excluding carboxylic acids is 4. The number of hydrogen-bond acceptors (Lipinski definition) is 11. The van der Waals surface area contributed by atoms with Gasteiger partial charge >= 0.3 is 0 Å². The third kappa shape index (κ3) is 7.68. The lowest BCUT2D eigenvalue weighted by molar-refractivity contribution is -0.136. The van der Waals surface area contributed by atoms with Gasteiger partial charge in [-0.2, -0.15) is 0 Å². The summed E-state index contributed by atoms with van der Waals surface area (Å²) in [5, 5.41) is 3.12. The van der Waals surface area contributed by atoms with Crippen molar-refractivity contribution in [3.05, 3.63) is 76.6 Å². The van der Waals surface area contributed by atoms with Gasteiger partial charge in [-0.1, -0.05) is 12.8 Å². The van der Waals surface area contributed by atoms with Gasteiger partial charge in [-0.25, -0.2) is 18.7 Å². The summed E-state index contributed by atoms with van der Waals surface area (Å²) in [6.45, 7) is 7.37. The third-order valence-electron chi connectivity index (χ3n) is 12.9. The summed E-state index contributed by atoms with van der Waals surface area (Å²) in [5.74, 6) is -2.48. The second-order valence-electron chi connectivity index (χ2n) is 16.9. The molecule has 0 radical (unpaired) electrons. The van der Waals surface area contributed by atoms with Crippen molar-refractivity contribution in [3.63, 3.8) is 0 Å². The molecule has 5 aliphatic rings. The monoisotopic (exact) mass is 823 g/mol. The third-order valence-corrected chi connectivity index (χ3v) is 12.9. The van der Waals surface area contributed by atoms with Gasteiger partial charge in [0.05, 0.1) is 30.4 Å². The Balaban J connectivity index is 0.750. The lowest BCUT2D eigenvalue weighted by Crippen LogP contribution is -2.52. The van der Waals surface area contributed by atoms with Gasteiger partial charge in [-0.05, 0) is 43.5 Å². The molecule has 4 aromatic rings. The van der Waals surface area contributed by atoms with Gasteiger partial charge in [0.1, 0.15) is 34.7 Å². The van der Waals surface area contributed by atoms with Crippen LogP contribution in [0.1, 0.15) is 82.5 Å². The first kappa shape index (κ1) is 39.9. The Hall–Kier alpha value is -5.55. The van der Waals surface area contributed by atoms with Crippen molar-refractivity contribution >= 4 is 46.0 Å². The van der Waals surface area contributed by atoms with E-state index in [4.69, 9.17) is 9.97 Å². The van der Waals surface area contributed by atoms with E-state index < -0.39 is 35.4 Å². The summed E-state index contributed by atoms with van der Waals surface area (Å²) < 4.78 is 33.5. The standard InChI is InChI=1S/C43H51F2N11O4/c1-50(2)43(60)35-21-27-24-47-36(48-40(27)56(35)29-5-3-4-6-29)22-28-7-8-30(25-46-28)53-17-13-51(14-18-53)11-12-52-15-19-54(20-16-52)39-33(44)23-31-32(38(39)45)26-55(42(31)59)34-9-10-37(57)49-41(34)58/h7-8,21,23-25,29,34H,3-6,9-20,22,26H2,1-2H3,(H,49,57,58). The van der Waals surface area contributed by atoms with Crippen molar-refractivity contribution in [2.24, 2.45) is 0 Å². The van der Waals surface area contributed by atoms with Gasteiger partial charge in [0, 0.05) is 115 Å². The van der Waals surface area contributed by atoms with Crippen LogP contribution in [0, 0.1) is 11.6 Å². The fourth-order valence-electron chi connectivity index (χ4n) is 9.54. The van der Waals surface area contributed by atoms with E-state index in [2.05, 4.69) is 35.6 Å². The first-order valence-electron chi connectivity index (χ1n) is 21.2. The van der Waals surface area contributed by atoms with Crippen molar-refractivity contribution < 1.29 is 28.0 Å². The largest absolute Gasteiger partial charge is 0.368 e. The zero-order valence-electron chi connectivity index (χ0n) is 34.2. The molecule has 60 heavy (non-hydrogen) atoms. The molecule has 15 nitrogen and oxygen atoms in total. The molecule has 0 bridgehead atoms. The molecule has 4 fully saturated rings. The van der Waals surface area contributed by atoms with Crippen LogP contribution in [0.2, 0.25) is 0 Å². The van der Waals surface area contributed by atoms with E-state index in [1.165, 1.54) is 4.90 Å². The molecule has 4 amide bonds. The number of nitrogens with one attached hydrogen (secondary N) is 1. The highest BCUT2D eigenvalue weighted by atomic mass is 19.1. The minimum atomic E-state index is -0.892. The number of piperidine rings is 1. The van der Waals surface area contributed by atoms with Gasteiger partial charge in [-0.15, -0.1) is 0 Å². The number of anilines is 2. The summed E-state index contributed by atoms with van der Waals surface area (Å²) in [5.41, 5.74) is 3.35. The van der Waals surface area contributed by atoms with Crippen molar-refractivity contribution in [1.82, 2.24) is 44.4 Å². The lowest BCUT2D eigenvalue weighted by atomic mass is 10.0. The van der Waals surface area contributed by atoms with E-state index in [9.17, 15) is 19.2 Å². The molecule has 3 aromatic heterocycles. The van der Waals surface area contributed by atoms with Crippen LogP contribution < -0.4 is 15.1 Å². The summed E-state index contributed by atoms with van der Waals surface area (Å²) in [7, 11) is 3.56. The number of pyridine rings is 1. The normalized spacial score (nSPS) is 20.7. The molecule has 0 spiro atoms. The maximum Gasteiger partial charge on any atom is 0.270 e. The highest BCUT2D eigenvalue weighted by molar-refractivity contribution is 6.05. The quantitative estimate of drug-likeness (QED) is 0.236. The van der Waals surface area contributed by atoms with Crippen molar-refractivity contribution in [2.45, 2.75) is 63.6 Å². The number of halogens is 2. The minimum absolute atomic E-state index is 0.0233. The van der Waals surface area contributed by atoms with E-state index in [0.717, 1.165) is 93.4 Å². The Labute approximate surface area is 347 Å². The van der Waals surface area contributed by atoms with Crippen LogP contribution in [0.4, 0.5) is 20.2 Å². The number of carbonyl (C=O) groups is 4. The van der Waals surface area contributed by atoms with Gasteiger partial charge in [0.15, 0.2) is 5.82 Å². The number of amides is 4. The summed E-state index contributed by atoms with van der Waals surface area (Å²) in [4.78, 5) is 76.3. The van der Waals surface area contributed by atoms with E-state index >= 15 is 8.78 Å². The van der Waals surface area contributed by atoms with Gasteiger partial charge in [-0.3, -0.25) is 39.3 Å². The molecule has 4 aliphatic heterocycles. The summed E-state index contributed by atoms with van der Waals surface area (Å²) in [6, 6.07) is 6.55. The number of fused-ring (bicyclic) bond motifs is 2. The Kier molecular flexibility index (Phi) is 11.0. The maximum atomic E-state index is 15.9. The van der Waals surface area contributed by atoms with Crippen LogP contribution in [0.15, 0.2) is 36.7 Å². The Morgan fingerprint density at radius 3 is 2.22 bits per heavy atom. The molecule has 1 saturated carbocycles. The predicted molar refractivity (Wildman–Crippen MR) is 220 cm³/mol. The Morgan fingerprint density at radius 1 is 0.867 bits per heavy atom. The van der Waals surface area contributed by atoms with E-state index in [1.807, 2.05) is 24.5 Å². The Bertz CT molecular complexity index is 2310. The van der Waals surface area contributed by atoms with Crippen LogP contribution >= 0.6 is 0 Å². The number of hydrogen-bond donors (Lipinski definition) is 1. The molecule has 1 aliphatic carbocycles. The lowest BCUT2D eigenvalue weighted by Gasteiger charge is -2.39. The average molecular weight is 824 g/mol.